The van der Waals surface area contributed by atoms with Gasteiger partial charge in [-0.15, -0.1) is 0 Å². The molecule has 0 aromatic heterocycles. The van der Waals surface area contributed by atoms with Crippen molar-refractivity contribution >= 4 is 34.8 Å². The summed E-state index contributed by atoms with van der Waals surface area (Å²) in [4.78, 5) is 12.1. The smallest absolute Gasteiger partial charge is 0.256 e. The SMILES string of the molecule is Cc1c(Cl)cccc1C(=O)Nc1ccc(O)cc1Cl. The van der Waals surface area contributed by atoms with E-state index in [1.165, 1.54) is 18.2 Å². The van der Waals surface area contributed by atoms with Gasteiger partial charge in [-0.25, -0.2) is 0 Å². The molecular weight excluding hydrogens is 285 g/mol. The van der Waals surface area contributed by atoms with E-state index in [0.717, 1.165) is 0 Å². The van der Waals surface area contributed by atoms with E-state index in [2.05, 4.69) is 5.32 Å². The fourth-order valence-electron chi connectivity index (χ4n) is 1.65. The molecule has 5 heteroatoms. The Hall–Kier alpha value is -1.71. The minimum absolute atomic E-state index is 0.0435. The zero-order valence-corrected chi connectivity index (χ0v) is 11.6. The number of aromatic hydroxyl groups is 1. The zero-order chi connectivity index (χ0) is 14.0. The van der Waals surface area contributed by atoms with E-state index in [-0.39, 0.29) is 16.7 Å². The molecule has 0 atom stereocenters. The van der Waals surface area contributed by atoms with Crippen molar-refractivity contribution in [3.63, 3.8) is 0 Å². The average molecular weight is 296 g/mol. The van der Waals surface area contributed by atoms with Crippen LogP contribution in [0, 0.1) is 6.92 Å². The van der Waals surface area contributed by atoms with Crippen molar-refractivity contribution in [3.05, 3.63) is 57.6 Å². The van der Waals surface area contributed by atoms with Gasteiger partial charge in [-0.05, 0) is 36.8 Å². The van der Waals surface area contributed by atoms with Crippen molar-refractivity contribution in [1.29, 1.82) is 0 Å². The molecule has 0 aliphatic carbocycles. The Morgan fingerprint density at radius 2 is 1.89 bits per heavy atom. The van der Waals surface area contributed by atoms with Gasteiger partial charge in [0.05, 0.1) is 10.7 Å². The fourth-order valence-corrected chi connectivity index (χ4v) is 2.05. The second-order valence-corrected chi connectivity index (χ2v) is 4.85. The van der Waals surface area contributed by atoms with Crippen LogP contribution in [0.15, 0.2) is 36.4 Å². The van der Waals surface area contributed by atoms with Gasteiger partial charge in [0.2, 0.25) is 0 Å². The zero-order valence-electron chi connectivity index (χ0n) is 10.1. The highest BCUT2D eigenvalue weighted by Gasteiger charge is 2.12. The van der Waals surface area contributed by atoms with Crippen molar-refractivity contribution in [2.75, 3.05) is 5.32 Å². The van der Waals surface area contributed by atoms with E-state index in [9.17, 15) is 9.90 Å². The lowest BCUT2D eigenvalue weighted by Gasteiger charge is -2.10. The quantitative estimate of drug-likeness (QED) is 0.813. The molecule has 2 aromatic rings. The van der Waals surface area contributed by atoms with Crippen molar-refractivity contribution < 1.29 is 9.90 Å². The molecule has 3 nitrogen and oxygen atoms in total. The molecular formula is C14H11Cl2NO2. The first-order chi connectivity index (χ1) is 8.99. The van der Waals surface area contributed by atoms with Crippen molar-refractivity contribution in [2.24, 2.45) is 0 Å². The molecule has 0 aliphatic rings. The highest BCUT2D eigenvalue weighted by molar-refractivity contribution is 6.34. The van der Waals surface area contributed by atoms with E-state index in [0.29, 0.717) is 21.8 Å². The third-order valence-corrected chi connectivity index (χ3v) is 3.44. The number of benzene rings is 2. The lowest BCUT2D eigenvalue weighted by atomic mass is 10.1. The summed E-state index contributed by atoms with van der Waals surface area (Å²) in [6.07, 6.45) is 0. The van der Waals surface area contributed by atoms with Crippen LogP contribution in [0.3, 0.4) is 0 Å². The van der Waals surface area contributed by atoms with Crippen molar-refractivity contribution in [2.45, 2.75) is 6.92 Å². The molecule has 19 heavy (non-hydrogen) atoms. The van der Waals surface area contributed by atoms with Gasteiger partial charge in [0, 0.05) is 16.7 Å². The molecule has 0 aliphatic heterocycles. The number of anilines is 1. The topological polar surface area (TPSA) is 49.3 Å². The molecule has 98 valence electrons. The van der Waals surface area contributed by atoms with E-state index in [1.807, 2.05) is 0 Å². The number of amides is 1. The Morgan fingerprint density at radius 3 is 2.58 bits per heavy atom. The van der Waals surface area contributed by atoms with E-state index < -0.39 is 0 Å². The molecule has 0 fully saturated rings. The molecule has 2 rings (SSSR count). The number of halogens is 2. The molecule has 0 heterocycles. The summed E-state index contributed by atoms with van der Waals surface area (Å²) in [5.74, 6) is -0.255. The normalized spacial score (nSPS) is 10.3. The number of hydrogen-bond acceptors (Lipinski definition) is 2. The van der Waals surface area contributed by atoms with Gasteiger partial charge in [-0.2, -0.15) is 0 Å². The second-order valence-electron chi connectivity index (χ2n) is 4.03. The van der Waals surface area contributed by atoms with Crippen LogP contribution in [0.1, 0.15) is 15.9 Å². The number of carbonyl (C=O) groups is 1. The van der Waals surface area contributed by atoms with Crippen LogP contribution in [0.2, 0.25) is 10.0 Å². The van der Waals surface area contributed by atoms with Gasteiger partial charge < -0.3 is 10.4 Å². The molecule has 0 saturated carbocycles. The molecule has 0 radical (unpaired) electrons. The largest absolute Gasteiger partial charge is 0.508 e. The van der Waals surface area contributed by atoms with Crippen LogP contribution < -0.4 is 5.32 Å². The summed E-state index contributed by atoms with van der Waals surface area (Å²) >= 11 is 11.9. The Bertz CT molecular complexity index is 641. The van der Waals surface area contributed by atoms with Crippen LogP contribution >= 0.6 is 23.2 Å². The van der Waals surface area contributed by atoms with E-state index >= 15 is 0 Å². The molecule has 0 bridgehead atoms. The molecule has 2 N–H and O–H groups in total. The van der Waals surface area contributed by atoms with Crippen LogP contribution in [0.4, 0.5) is 5.69 Å². The molecule has 2 aromatic carbocycles. The number of nitrogens with one attached hydrogen (secondary N) is 1. The summed E-state index contributed by atoms with van der Waals surface area (Å²) in [7, 11) is 0. The third-order valence-electron chi connectivity index (χ3n) is 2.71. The molecule has 0 unspecified atom stereocenters. The highest BCUT2D eigenvalue weighted by atomic mass is 35.5. The van der Waals surface area contributed by atoms with Gasteiger partial charge >= 0.3 is 0 Å². The number of phenolic OH excluding ortho intramolecular Hbond substituents is 1. The van der Waals surface area contributed by atoms with Gasteiger partial charge in [0.15, 0.2) is 0 Å². The number of hydrogen-bond donors (Lipinski definition) is 2. The molecule has 0 saturated heterocycles. The predicted octanol–water partition coefficient (Wildman–Crippen LogP) is 4.26. The summed E-state index contributed by atoms with van der Waals surface area (Å²) < 4.78 is 0. The maximum atomic E-state index is 12.1. The fraction of sp³-hybridized carbons (Fsp3) is 0.0714. The summed E-state index contributed by atoms with van der Waals surface area (Å²) in [6, 6.07) is 9.47. The number of rotatable bonds is 2. The average Bonchev–Trinajstić information content (AvgIpc) is 2.36. The molecule has 1 amide bonds. The van der Waals surface area contributed by atoms with Crippen molar-refractivity contribution in [1.82, 2.24) is 0 Å². The molecule has 0 spiro atoms. The van der Waals surface area contributed by atoms with Crippen LogP contribution in [0.5, 0.6) is 5.75 Å². The maximum absolute atomic E-state index is 12.1. The van der Waals surface area contributed by atoms with Gasteiger partial charge in [0.25, 0.3) is 5.91 Å². The predicted molar refractivity (Wildman–Crippen MR) is 77.3 cm³/mol. The van der Waals surface area contributed by atoms with Crippen molar-refractivity contribution in [3.8, 4) is 5.75 Å². The van der Waals surface area contributed by atoms with E-state index in [1.54, 1.807) is 25.1 Å². The third kappa shape index (κ3) is 3.00. The minimum atomic E-state index is -0.299. The van der Waals surface area contributed by atoms with Gasteiger partial charge in [0.1, 0.15) is 5.75 Å². The van der Waals surface area contributed by atoms with Gasteiger partial charge in [-0.3, -0.25) is 4.79 Å². The summed E-state index contributed by atoms with van der Waals surface area (Å²) in [5.41, 5.74) is 1.62. The second kappa shape index (κ2) is 5.51. The maximum Gasteiger partial charge on any atom is 0.256 e. The number of phenols is 1. The first-order valence-electron chi connectivity index (χ1n) is 5.54. The lowest BCUT2D eigenvalue weighted by molar-refractivity contribution is 0.102. The summed E-state index contributed by atoms with van der Waals surface area (Å²) in [5, 5.41) is 12.7. The van der Waals surface area contributed by atoms with Gasteiger partial charge in [-0.1, -0.05) is 29.3 Å². The Morgan fingerprint density at radius 1 is 1.16 bits per heavy atom. The monoisotopic (exact) mass is 295 g/mol. The Labute approximate surface area is 120 Å². The summed E-state index contributed by atoms with van der Waals surface area (Å²) in [6.45, 7) is 1.77. The highest BCUT2D eigenvalue weighted by Crippen LogP contribution is 2.27. The first-order valence-corrected chi connectivity index (χ1v) is 6.29. The minimum Gasteiger partial charge on any atom is -0.508 e. The lowest BCUT2D eigenvalue weighted by Crippen LogP contribution is -2.13. The Balaban J connectivity index is 2.28. The standard InChI is InChI=1S/C14H11Cl2NO2/c1-8-10(3-2-4-11(8)15)14(19)17-13-6-5-9(18)7-12(13)16/h2-7,18H,1H3,(H,17,19). The first kappa shape index (κ1) is 13.7. The van der Waals surface area contributed by atoms with Crippen LogP contribution in [0.25, 0.3) is 0 Å². The van der Waals surface area contributed by atoms with Crippen LogP contribution in [-0.2, 0) is 0 Å². The number of carbonyl (C=O) groups excluding carboxylic acids is 1. The Kier molecular flexibility index (Phi) is 3.98. The van der Waals surface area contributed by atoms with E-state index in [4.69, 9.17) is 23.2 Å². The van der Waals surface area contributed by atoms with Crippen LogP contribution in [-0.4, -0.2) is 11.0 Å².